The van der Waals surface area contributed by atoms with Crippen molar-refractivity contribution >= 4 is 40.6 Å². The Kier molecular flexibility index (Phi) is 5.56. The number of carbonyl (C=O) groups is 2. The number of amides is 1. The number of pyridine rings is 1. The van der Waals surface area contributed by atoms with Crippen molar-refractivity contribution in [2.24, 2.45) is 0 Å². The Labute approximate surface area is 196 Å². The van der Waals surface area contributed by atoms with Crippen LogP contribution in [0.5, 0.6) is 0 Å². The lowest BCUT2D eigenvalue weighted by molar-refractivity contribution is -0.138. The number of alkyl halides is 3. The Morgan fingerprint density at radius 3 is 2.47 bits per heavy atom. The molecule has 0 unspecified atom stereocenters. The van der Waals surface area contributed by atoms with Crippen molar-refractivity contribution in [3.63, 3.8) is 0 Å². The van der Waals surface area contributed by atoms with E-state index in [1.165, 1.54) is 17.0 Å². The highest BCUT2D eigenvalue weighted by Crippen LogP contribution is 2.48. The third kappa shape index (κ3) is 3.38. The Morgan fingerprint density at radius 1 is 1.29 bits per heavy atom. The van der Waals surface area contributed by atoms with Crippen LogP contribution in [0.15, 0.2) is 24.4 Å². The minimum absolute atomic E-state index is 0.0949. The number of benzene rings is 1. The molecule has 34 heavy (non-hydrogen) atoms. The SMILES string of the molecule is CCc1cc(N2C(=S)N(c3cnc(C#N)c(C(F)(F)F)c3)C(=O)C23CCC3)cc(C(=O)O)c1F. The molecular weight excluding hydrogens is 476 g/mol. The van der Waals surface area contributed by atoms with E-state index in [4.69, 9.17) is 17.5 Å². The van der Waals surface area contributed by atoms with Gasteiger partial charge in [0.2, 0.25) is 0 Å². The van der Waals surface area contributed by atoms with Crippen LogP contribution in [0.1, 0.15) is 53.4 Å². The summed E-state index contributed by atoms with van der Waals surface area (Å²) in [5.74, 6) is -3.00. The van der Waals surface area contributed by atoms with E-state index in [2.05, 4.69) is 4.98 Å². The normalized spacial score (nSPS) is 17.2. The van der Waals surface area contributed by atoms with Gasteiger partial charge in [0.15, 0.2) is 10.8 Å². The molecule has 7 nitrogen and oxygen atoms in total. The molecule has 0 atom stereocenters. The van der Waals surface area contributed by atoms with Gasteiger partial charge in [-0.05, 0) is 61.7 Å². The van der Waals surface area contributed by atoms with Crippen molar-refractivity contribution in [2.75, 3.05) is 9.80 Å². The van der Waals surface area contributed by atoms with Crippen LogP contribution < -0.4 is 9.80 Å². The first-order chi connectivity index (χ1) is 16.0. The Morgan fingerprint density at radius 2 is 1.97 bits per heavy atom. The quantitative estimate of drug-likeness (QED) is 0.498. The van der Waals surface area contributed by atoms with Crippen LogP contribution in [0.25, 0.3) is 0 Å². The molecule has 1 saturated carbocycles. The lowest BCUT2D eigenvalue weighted by Crippen LogP contribution is -2.55. The maximum Gasteiger partial charge on any atom is 0.419 e. The molecule has 2 fully saturated rings. The predicted octanol–water partition coefficient (Wildman–Crippen LogP) is 4.43. The molecule has 4 rings (SSSR count). The Balaban J connectivity index is 1.88. The number of aryl methyl sites for hydroxylation is 1. The number of carboxylic acids is 1. The van der Waals surface area contributed by atoms with Gasteiger partial charge in [-0.2, -0.15) is 18.4 Å². The fourth-order valence-electron chi connectivity index (χ4n) is 4.30. The molecule has 2 aliphatic rings. The van der Waals surface area contributed by atoms with Gasteiger partial charge in [0.1, 0.15) is 17.4 Å². The van der Waals surface area contributed by atoms with E-state index < -0.39 is 46.2 Å². The number of thiocarbonyl (C=S) groups is 1. The number of carbonyl (C=O) groups excluding carboxylic acids is 1. The molecule has 1 N–H and O–H groups in total. The van der Waals surface area contributed by atoms with Crippen molar-refractivity contribution in [1.29, 1.82) is 5.26 Å². The maximum atomic E-state index is 14.6. The molecule has 12 heteroatoms. The van der Waals surface area contributed by atoms with Crippen molar-refractivity contribution in [2.45, 2.75) is 44.3 Å². The number of hydrogen-bond donors (Lipinski definition) is 1. The zero-order chi connectivity index (χ0) is 25.0. The number of aromatic nitrogens is 1. The first kappa shape index (κ1) is 23.6. The van der Waals surface area contributed by atoms with Gasteiger partial charge in [-0.3, -0.25) is 9.69 Å². The number of hydrogen-bond acceptors (Lipinski definition) is 5. The van der Waals surface area contributed by atoms with Crippen LogP contribution in [-0.4, -0.2) is 32.6 Å². The second kappa shape index (κ2) is 8.02. The van der Waals surface area contributed by atoms with Crippen molar-refractivity contribution in [1.82, 2.24) is 4.98 Å². The summed E-state index contributed by atoms with van der Waals surface area (Å²) in [6, 6.07) is 4.48. The highest BCUT2D eigenvalue weighted by Gasteiger charge is 2.60. The summed E-state index contributed by atoms with van der Waals surface area (Å²) >= 11 is 5.49. The number of nitrogens with zero attached hydrogens (tertiary/aromatic N) is 4. The first-order valence-electron chi connectivity index (χ1n) is 10.2. The van der Waals surface area contributed by atoms with Crippen LogP contribution in [0, 0.1) is 17.1 Å². The van der Waals surface area contributed by atoms with Gasteiger partial charge in [0.25, 0.3) is 5.91 Å². The molecule has 0 radical (unpaired) electrons. The summed E-state index contributed by atoms with van der Waals surface area (Å²) in [4.78, 5) is 31.0. The second-order valence-electron chi connectivity index (χ2n) is 7.97. The third-order valence-electron chi connectivity index (χ3n) is 6.14. The van der Waals surface area contributed by atoms with E-state index in [0.717, 1.165) is 17.2 Å². The summed E-state index contributed by atoms with van der Waals surface area (Å²) in [7, 11) is 0. The number of aromatic carboxylic acids is 1. The lowest BCUT2D eigenvalue weighted by Gasteiger charge is -2.43. The largest absolute Gasteiger partial charge is 0.478 e. The number of halogens is 4. The van der Waals surface area contributed by atoms with E-state index in [1.54, 1.807) is 6.92 Å². The topological polar surface area (TPSA) is 97.5 Å². The van der Waals surface area contributed by atoms with Crippen molar-refractivity contribution in [3.05, 3.63) is 52.6 Å². The smallest absolute Gasteiger partial charge is 0.419 e. The van der Waals surface area contributed by atoms with Gasteiger partial charge < -0.3 is 10.0 Å². The Bertz CT molecular complexity index is 1280. The van der Waals surface area contributed by atoms with Crippen LogP contribution in [0.4, 0.5) is 28.9 Å². The minimum Gasteiger partial charge on any atom is -0.478 e. The number of anilines is 2. The molecule has 1 aliphatic heterocycles. The minimum atomic E-state index is -4.89. The monoisotopic (exact) mass is 492 g/mol. The number of rotatable bonds is 4. The average molecular weight is 492 g/mol. The van der Waals surface area contributed by atoms with Gasteiger partial charge in [0.05, 0.1) is 23.0 Å². The number of nitriles is 1. The zero-order valence-electron chi connectivity index (χ0n) is 17.6. The fourth-order valence-corrected chi connectivity index (χ4v) is 4.77. The second-order valence-corrected chi connectivity index (χ2v) is 8.33. The van der Waals surface area contributed by atoms with Gasteiger partial charge in [-0.15, -0.1) is 0 Å². The summed E-state index contributed by atoms with van der Waals surface area (Å²) in [6.07, 6.45) is -2.50. The van der Waals surface area contributed by atoms with Crippen LogP contribution >= 0.6 is 12.2 Å². The number of carboxylic acid groups (broad SMARTS) is 1. The molecule has 2 aromatic rings. The molecule has 1 aromatic carbocycles. The first-order valence-corrected chi connectivity index (χ1v) is 10.6. The summed E-state index contributed by atoms with van der Waals surface area (Å²) in [6.45, 7) is 1.63. The van der Waals surface area contributed by atoms with Gasteiger partial charge in [0, 0.05) is 5.69 Å². The Hall–Kier alpha value is -3.59. The van der Waals surface area contributed by atoms with Gasteiger partial charge >= 0.3 is 12.1 Å². The van der Waals surface area contributed by atoms with E-state index >= 15 is 0 Å². The van der Waals surface area contributed by atoms with Crippen molar-refractivity contribution < 1.29 is 32.3 Å². The highest BCUT2D eigenvalue weighted by atomic mass is 32.1. The van der Waals surface area contributed by atoms with Crippen LogP contribution in [0.3, 0.4) is 0 Å². The average Bonchev–Trinajstić information content (AvgIpc) is 2.99. The molecule has 1 amide bonds. The molecular formula is C22H16F4N4O3S. The van der Waals surface area contributed by atoms with E-state index in [1.807, 2.05) is 0 Å². The zero-order valence-corrected chi connectivity index (χ0v) is 18.4. The van der Waals surface area contributed by atoms with Gasteiger partial charge in [-0.25, -0.2) is 14.2 Å². The fraction of sp³-hybridized carbons (Fsp3) is 0.318. The molecule has 1 aromatic heterocycles. The molecule has 1 saturated heterocycles. The van der Waals surface area contributed by atoms with Gasteiger partial charge in [-0.1, -0.05) is 6.92 Å². The van der Waals surface area contributed by atoms with Crippen LogP contribution in [0.2, 0.25) is 0 Å². The highest BCUT2D eigenvalue weighted by molar-refractivity contribution is 7.81. The van der Waals surface area contributed by atoms with E-state index in [9.17, 15) is 32.3 Å². The third-order valence-corrected chi connectivity index (χ3v) is 6.50. The maximum absolute atomic E-state index is 14.6. The standard InChI is InChI=1S/C22H16F4N4O3S/c1-2-11-6-12(7-14(17(11)23)18(31)32)30-20(34)29(19(33)21(30)4-3-5-21)13-8-15(22(24,25)26)16(9-27)28-10-13/h6-8,10H,2-5H2,1H3,(H,31,32). The molecule has 2 heterocycles. The molecule has 1 aliphatic carbocycles. The van der Waals surface area contributed by atoms with Crippen LogP contribution in [-0.2, 0) is 17.4 Å². The summed E-state index contributed by atoms with van der Waals surface area (Å²) in [5.41, 5.74) is -4.01. The summed E-state index contributed by atoms with van der Waals surface area (Å²) in [5, 5.41) is 18.3. The van der Waals surface area contributed by atoms with E-state index in [-0.39, 0.29) is 28.5 Å². The molecule has 176 valence electrons. The van der Waals surface area contributed by atoms with Crippen molar-refractivity contribution in [3.8, 4) is 6.07 Å². The molecule has 1 spiro atoms. The van der Waals surface area contributed by atoms with E-state index in [0.29, 0.717) is 25.3 Å². The lowest BCUT2D eigenvalue weighted by atomic mass is 9.75. The predicted molar refractivity (Wildman–Crippen MR) is 116 cm³/mol. The summed E-state index contributed by atoms with van der Waals surface area (Å²) < 4.78 is 55.0. The molecule has 0 bridgehead atoms.